The highest BCUT2D eigenvalue weighted by molar-refractivity contribution is 7.55. The first kappa shape index (κ1) is 29.3. The molecule has 0 aliphatic heterocycles. The molecule has 0 saturated carbocycles. The minimum atomic E-state index is -3.95. The van der Waals surface area contributed by atoms with Gasteiger partial charge in [0, 0.05) is 0 Å². The molecule has 3 aromatic carbocycles. The Labute approximate surface area is 227 Å². The Morgan fingerprint density at radius 3 is 1.61 bits per heavy atom. The van der Waals surface area contributed by atoms with E-state index < -0.39 is 19.5 Å². The lowest BCUT2D eigenvalue weighted by atomic mass is 9.87. The van der Waals surface area contributed by atoms with E-state index in [0.29, 0.717) is 17.9 Å². The van der Waals surface area contributed by atoms with Gasteiger partial charge in [-0.3, -0.25) is 0 Å². The summed E-state index contributed by atoms with van der Waals surface area (Å²) < 4.78 is 31.8. The molecule has 204 valence electrons. The van der Waals surface area contributed by atoms with Gasteiger partial charge in [0.05, 0.1) is 0 Å². The average molecular weight is 538 g/mol. The van der Waals surface area contributed by atoms with E-state index in [1.807, 2.05) is 61.5 Å². The molecule has 6 nitrogen and oxygen atoms in total. The van der Waals surface area contributed by atoms with E-state index in [-0.39, 0.29) is 17.4 Å². The number of carbonyl (C=O) groups excluding carboxylic acids is 1. The number of hydrogen-bond acceptors (Lipinski definition) is 5. The number of rotatable bonds is 9. The third-order valence-corrected chi connectivity index (χ3v) is 8.36. The minimum Gasteiger partial charge on any atom is -0.445 e. The Bertz CT molecular complexity index is 1160. The number of alkyl carbamates (subject to hydrolysis) is 1. The molecule has 0 aliphatic carbocycles. The Morgan fingerprint density at radius 1 is 0.763 bits per heavy atom. The molecule has 7 heteroatoms. The average Bonchev–Trinajstić information content (AvgIpc) is 2.86. The van der Waals surface area contributed by atoms with Crippen LogP contribution in [0.25, 0.3) is 0 Å². The highest BCUT2D eigenvalue weighted by Crippen LogP contribution is 2.53. The molecular formula is C31H40NO5P. The molecule has 0 aromatic heterocycles. The number of benzene rings is 3. The summed E-state index contributed by atoms with van der Waals surface area (Å²) in [7, 11) is -3.95. The summed E-state index contributed by atoms with van der Waals surface area (Å²) in [5.74, 6) is -0.147. The molecule has 1 unspecified atom stereocenters. The molecule has 0 spiro atoms. The van der Waals surface area contributed by atoms with Crippen molar-refractivity contribution in [3.8, 4) is 11.5 Å². The van der Waals surface area contributed by atoms with Crippen LogP contribution in [0.2, 0.25) is 0 Å². The lowest BCUT2D eigenvalue weighted by molar-refractivity contribution is 0.137. The topological polar surface area (TPSA) is 73.9 Å². The fourth-order valence-corrected chi connectivity index (χ4v) is 5.61. The van der Waals surface area contributed by atoms with E-state index in [1.165, 1.54) is 0 Å². The van der Waals surface area contributed by atoms with E-state index in [4.69, 9.17) is 13.8 Å². The predicted octanol–water partition coefficient (Wildman–Crippen LogP) is 8.60. The zero-order valence-electron chi connectivity index (χ0n) is 23.5. The van der Waals surface area contributed by atoms with Crippen LogP contribution in [-0.2, 0) is 26.7 Å². The van der Waals surface area contributed by atoms with Gasteiger partial charge in [-0.2, -0.15) is 0 Å². The van der Waals surface area contributed by atoms with E-state index in [9.17, 15) is 9.36 Å². The summed E-state index contributed by atoms with van der Waals surface area (Å²) in [6, 6.07) is 24.3. The van der Waals surface area contributed by atoms with Crippen molar-refractivity contribution in [2.24, 2.45) is 0 Å². The smallest absolute Gasteiger partial charge is 0.445 e. The van der Waals surface area contributed by atoms with Gasteiger partial charge in [-0.25, -0.2) is 9.36 Å². The molecule has 0 aliphatic rings. The lowest BCUT2D eigenvalue weighted by Gasteiger charge is -2.28. The summed E-state index contributed by atoms with van der Waals surface area (Å²) in [5, 5.41) is 2.72. The molecule has 1 N–H and O–H groups in total. The quantitative estimate of drug-likeness (QED) is 0.277. The molecule has 0 radical (unpaired) electrons. The van der Waals surface area contributed by atoms with Gasteiger partial charge >= 0.3 is 13.7 Å². The molecule has 1 atom stereocenters. The summed E-state index contributed by atoms with van der Waals surface area (Å²) >= 11 is 0. The van der Waals surface area contributed by atoms with Crippen LogP contribution < -0.4 is 14.4 Å². The van der Waals surface area contributed by atoms with E-state index in [0.717, 1.165) is 16.7 Å². The molecule has 3 aromatic rings. The number of amides is 1. The normalized spacial score (nSPS) is 12.9. The lowest BCUT2D eigenvalue weighted by Crippen LogP contribution is -2.37. The van der Waals surface area contributed by atoms with Crippen LogP contribution in [0, 0.1) is 0 Å². The summed E-state index contributed by atoms with van der Waals surface area (Å²) in [4.78, 5) is 12.7. The first-order valence-corrected chi connectivity index (χ1v) is 14.6. The van der Waals surface area contributed by atoms with Crippen LogP contribution in [0.3, 0.4) is 0 Å². The Kier molecular flexibility index (Phi) is 9.32. The van der Waals surface area contributed by atoms with Crippen molar-refractivity contribution in [2.75, 3.05) is 0 Å². The maximum atomic E-state index is 14.3. The second kappa shape index (κ2) is 12.1. The van der Waals surface area contributed by atoms with Gasteiger partial charge in [-0.1, -0.05) is 103 Å². The number of hydrogen-bond donors (Lipinski definition) is 1. The van der Waals surface area contributed by atoms with Crippen molar-refractivity contribution >= 4 is 13.7 Å². The fraction of sp³-hybridized carbons (Fsp3) is 0.387. The van der Waals surface area contributed by atoms with Gasteiger partial charge in [0.15, 0.2) is 5.78 Å². The molecule has 0 fully saturated rings. The number of nitrogens with one attached hydrogen (secondary N) is 1. The molecule has 0 heterocycles. The van der Waals surface area contributed by atoms with Crippen molar-refractivity contribution in [1.82, 2.24) is 5.32 Å². The zero-order chi connectivity index (χ0) is 28.0. The molecule has 3 rings (SSSR count). The van der Waals surface area contributed by atoms with Crippen LogP contribution in [0.5, 0.6) is 11.5 Å². The molecular weight excluding hydrogens is 497 g/mol. The highest BCUT2D eigenvalue weighted by Gasteiger charge is 2.40. The van der Waals surface area contributed by atoms with Crippen LogP contribution in [0.15, 0.2) is 78.9 Å². The molecule has 0 bridgehead atoms. The SMILES string of the molecule is CCC(NC(=O)OCc1ccccc1)P(=O)(Oc1ccc(C(C)(C)C)cc1)Oc1ccc(C(C)(C)C)cc1. The van der Waals surface area contributed by atoms with E-state index in [2.05, 4.69) is 46.9 Å². The Hall–Kier alpha value is -3.24. The van der Waals surface area contributed by atoms with Crippen molar-refractivity contribution in [2.45, 2.75) is 78.1 Å². The van der Waals surface area contributed by atoms with Crippen molar-refractivity contribution < 1.29 is 23.1 Å². The highest BCUT2D eigenvalue weighted by atomic mass is 31.2. The predicted molar refractivity (Wildman–Crippen MR) is 153 cm³/mol. The Morgan fingerprint density at radius 2 is 1.21 bits per heavy atom. The summed E-state index contributed by atoms with van der Waals surface area (Å²) in [6.45, 7) is 14.6. The standard InChI is InChI=1S/C31H40NO5P/c1-8-28(32-29(33)35-22-23-12-10-9-11-13-23)38(34,36-26-18-14-24(15-19-26)30(2,3)4)37-27-20-16-25(17-21-27)31(5,6)7/h9-21,28H,8,22H2,1-7H3,(H,32,33). The molecule has 0 saturated heterocycles. The third kappa shape index (κ3) is 8.13. The summed E-state index contributed by atoms with van der Waals surface area (Å²) in [6.07, 6.45) is -0.392. The van der Waals surface area contributed by atoms with Gasteiger partial charge in [0.2, 0.25) is 0 Å². The van der Waals surface area contributed by atoms with Crippen LogP contribution in [-0.4, -0.2) is 11.9 Å². The van der Waals surface area contributed by atoms with Gasteiger partial charge in [-0.15, -0.1) is 0 Å². The van der Waals surface area contributed by atoms with Gasteiger partial charge in [-0.05, 0) is 58.2 Å². The third-order valence-electron chi connectivity index (χ3n) is 6.17. The van der Waals surface area contributed by atoms with E-state index in [1.54, 1.807) is 24.3 Å². The van der Waals surface area contributed by atoms with Crippen LogP contribution in [0.4, 0.5) is 4.79 Å². The molecule has 38 heavy (non-hydrogen) atoms. The minimum absolute atomic E-state index is 0.0381. The maximum Gasteiger partial charge on any atom is 0.453 e. The van der Waals surface area contributed by atoms with Gasteiger partial charge < -0.3 is 19.1 Å². The maximum absolute atomic E-state index is 14.3. The second-order valence-electron chi connectivity index (χ2n) is 11.4. The number of ether oxygens (including phenoxy) is 1. The van der Waals surface area contributed by atoms with Crippen LogP contribution in [0.1, 0.15) is 71.6 Å². The number of carbonyl (C=O) groups is 1. The van der Waals surface area contributed by atoms with E-state index >= 15 is 0 Å². The fourth-order valence-electron chi connectivity index (χ4n) is 3.78. The summed E-state index contributed by atoms with van der Waals surface area (Å²) in [5.41, 5.74) is 3.01. The molecule has 1 amide bonds. The van der Waals surface area contributed by atoms with Gasteiger partial charge in [0.25, 0.3) is 0 Å². The van der Waals surface area contributed by atoms with Crippen LogP contribution >= 0.6 is 7.60 Å². The zero-order valence-corrected chi connectivity index (χ0v) is 24.4. The monoisotopic (exact) mass is 537 g/mol. The first-order valence-electron chi connectivity index (χ1n) is 13.0. The first-order chi connectivity index (χ1) is 17.8. The van der Waals surface area contributed by atoms with Crippen molar-refractivity contribution in [1.29, 1.82) is 0 Å². The van der Waals surface area contributed by atoms with Crippen molar-refractivity contribution in [3.63, 3.8) is 0 Å². The largest absolute Gasteiger partial charge is 0.453 e. The van der Waals surface area contributed by atoms with Crippen molar-refractivity contribution in [3.05, 3.63) is 95.6 Å². The second-order valence-corrected chi connectivity index (χ2v) is 13.5. The van der Waals surface area contributed by atoms with Gasteiger partial charge in [0.1, 0.15) is 18.1 Å². The Balaban J connectivity index is 1.85.